The topological polar surface area (TPSA) is 90.0 Å². The number of hydrogen-bond donors (Lipinski definition) is 1. The molecule has 0 saturated carbocycles. The first-order chi connectivity index (χ1) is 26.0. The van der Waals surface area contributed by atoms with Gasteiger partial charge in [0.25, 0.3) is 0 Å². The average Bonchev–Trinajstić information content (AvgIpc) is 3.78. The summed E-state index contributed by atoms with van der Waals surface area (Å²) in [5.41, 5.74) is 5.91. The van der Waals surface area contributed by atoms with Crippen LogP contribution in [0.15, 0.2) is 97.1 Å². The van der Waals surface area contributed by atoms with Crippen molar-refractivity contribution < 1.29 is 50.3 Å². The van der Waals surface area contributed by atoms with Crippen molar-refractivity contribution in [3.05, 3.63) is 120 Å². The van der Waals surface area contributed by atoms with E-state index in [-0.39, 0.29) is 37.6 Å². The molecule has 2 aliphatic rings. The Morgan fingerprint density at radius 1 is 0.648 bits per heavy atom. The molecule has 54 heavy (non-hydrogen) atoms. The minimum atomic E-state index is -0.0264. The number of aromatic nitrogens is 4. The second-order valence-corrected chi connectivity index (χ2v) is 14.3. The van der Waals surface area contributed by atoms with Crippen LogP contribution in [0.3, 0.4) is 0 Å². The summed E-state index contributed by atoms with van der Waals surface area (Å²) in [5.74, 6) is 0. The predicted octanol–water partition coefficient (Wildman–Crippen LogP) is 3.88. The Morgan fingerprint density at radius 3 is 1.59 bits per heavy atom. The molecule has 2 aliphatic heterocycles. The van der Waals surface area contributed by atoms with Crippen molar-refractivity contribution in [1.29, 1.82) is 0 Å². The summed E-state index contributed by atoms with van der Waals surface area (Å²) in [5, 5.41) is 23.1. The minimum Gasteiger partial charge on any atom is -1.00 e. The number of morpholine rings is 2. The van der Waals surface area contributed by atoms with Gasteiger partial charge in [0.1, 0.15) is 0 Å². The summed E-state index contributed by atoms with van der Waals surface area (Å²) < 4.78 is 21.5. The van der Waals surface area contributed by atoms with E-state index in [0.29, 0.717) is 12.3 Å². The molecule has 4 heterocycles. The van der Waals surface area contributed by atoms with Crippen LogP contribution in [0.4, 0.5) is 0 Å². The molecule has 0 aliphatic carbocycles. The van der Waals surface area contributed by atoms with Gasteiger partial charge in [-0.2, -0.15) is 10.2 Å². The van der Waals surface area contributed by atoms with Gasteiger partial charge in [-0.3, -0.25) is 9.80 Å². The van der Waals surface area contributed by atoms with Crippen molar-refractivity contribution in [3.8, 4) is 11.4 Å². The summed E-state index contributed by atoms with van der Waals surface area (Å²) in [7, 11) is 0. The Kier molecular flexibility index (Phi) is 17.4. The quantitative estimate of drug-likeness (QED) is 0.0963. The third kappa shape index (κ3) is 12.2. The Balaban J connectivity index is 0.000000201. The van der Waals surface area contributed by atoms with Gasteiger partial charge in [0.15, 0.2) is 0 Å². The van der Waals surface area contributed by atoms with Crippen LogP contribution in [-0.2, 0) is 27.4 Å². The number of nitrogens with zero attached hydrogens (tertiary/aromatic N) is 6. The molecule has 12 heteroatoms. The van der Waals surface area contributed by atoms with E-state index in [9.17, 15) is 0 Å². The van der Waals surface area contributed by atoms with E-state index in [1.807, 2.05) is 40.6 Å². The monoisotopic (exact) mass is 854 g/mol. The fraction of sp³-hybridized carbons (Fsp3) is 0.381. The number of alkyl halides is 1. The number of aliphatic hydroxyl groups excluding tert-OH is 1. The molecule has 1 N–H and O–H groups in total. The third-order valence-corrected chi connectivity index (χ3v) is 9.89. The fourth-order valence-corrected chi connectivity index (χ4v) is 7.19. The second kappa shape index (κ2) is 22.2. The van der Waals surface area contributed by atoms with Crippen molar-refractivity contribution in [2.75, 3.05) is 76.7 Å². The Labute approximate surface area is 356 Å². The van der Waals surface area contributed by atoms with Gasteiger partial charge in [-0.15, -0.1) is 0 Å². The van der Waals surface area contributed by atoms with Crippen LogP contribution in [0, 0.1) is 13.8 Å². The zero-order chi connectivity index (χ0) is 36.8. The molecule has 0 spiro atoms. The van der Waals surface area contributed by atoms with Crippen LogP contribution in [0.25, 0.3) is 32.9 Å². The molecule has 8 rings (SSSR count). The summed E-state index contributed by atoms with van der Waals surface area (Å²) >= 11 is 2.41. The number of halogens is 1. The minimum absolute atomic E-state index is 0. The van der Waals surface area contributed by atoms with Gasteiger partial charge in [-0.25, -0.2) is 9.36 Å². The maximum Gasteiger partial charge on any atom is 1.00 e. The average molecular weight is 855 g/mol. The van der Waals surface area contributed by atoms with Crippen molar-refractivity contribution in [2.45, 2.75) is 27.1 Å². The predicted molar refractivity (Wildman–Crippen MR) is 222 cm³/mol. The van der Waals surface area contributed by atoms with Crippen LogP contribution >= 0.6 is 22.6 Å². The molecule has 4 aromatic carbocycles. The molecule has 10 nitrogen and oxygen atoms in total. The zero-order valence-electron chi connectivity index (χ0n) is 32.9. The Morgan fingerprint density at radius 2 is 1.11 bits per heavy atom. The molecular formula is C42H52IN6NaO4. The van der Waals surface area contributed by atoms with Crippen LogP contribution in [0.2, 0.25) is 0 Å². The smallest absolute Gasteiger partial charge is 1.00 e. The summed E-state index contributed by atoms with van der Waals surface area (Å²) in [6.07, 6.45) is 0. The molecule has 0 radical (unpaired) electrons. The summed E-state index contributed by atoms with van der Waals surface area (Å²) in [4.78, 5) is 4.82. The van der Waals surface area contributed by atoms with Crippen LogP contribution in [-0.4, -0.2) is 111 Å². The SMILES string of the molecule is Cc1cc(CO)nn1-c1ccc2ccccc2c1.Cc1cc(COCCN2CCOCC2)nn1-c1ccc2ccccc2c1.ICCN1CCOCC1.[H-].[Na+]. The van der Waals surface area contributed by atoms with Crippen LogP contribution < -0.4 is 29.6 Å². The Bertz CT molecular complexity index is 2030. The molecule has 0 atom stereocenters. The largest absolute Gasteiger partial charge is 1.00 e. The first kappa shape index (κ1) is 42.5. The maximum atomic E-state index is 9.12. The van der Waals surface area contributed by atoms with Gasteiger partial charge < -0.3 is 20.7 Å². The zero-order valence-corrected chi connectivity index (χ0v) is 36.0. The summed E-state index contributed by atoms with van der Waals surface area (Å²) in [6.45, 7) is 15.3. The van der Waals surface area contributed by atoms with E-state index in [2.05, 4.69) is 117 Å². The van der Waals surface area contributed by atoms with Gasteiger partial charge >= 0.3 is 29.6 Å². The van der Waals surface area contributed by atoms with Crippen LogP contribution in [0.1, 0.15) is 24.2 Å². The van der Waals surface area contributed by atoms with Crippen molar-refractivity contribution in [1.82, 2.24) is 29.4 Å². The number of rotatable bonds is 10. The molecule has 0 unspecified atom stereocenters. The van der Waals surface area contributed by atoms with Crippen molar-refractivity contribution in [2.24, 2.45) is 0 Å². The van der Waals surface area contributed by atoms with E-state index in [1.54, 1.807) is 0 Å². The number of aryl methyl sites for hydroxylation is 2. The standard InChI is InChI=1S/C21H25N3O2.C15H14N2O.C6H12INO.Na.H/c1-17-14-20(16-26-13-10-23-8-11-25-12-9-23)22-24(17)21-7-6-18-4-2-3-5-19(18)15-21;1-11-8-14(10-18)16-17(11)15-7-6-12-4-2-3-5-13(12)9-15;7-1-2-8-3-5-9-6-4-8;;/h2-7,14-15H,8-13,16H2,1H3;2-9,18H,10H2,1H3;1-6H2;;/q;;;+1;-1. The molecule has 2 saturated heterocycles. The maximum absolute atomic E-state index is 9.12. The van der Waals surface area contributed by atoms with Crippen molar-refractivity contribution >= 4 is 44.1 Å². The normalized spacial score (nSPS) is 14.9. The van der Waals surface area contributed by atoms with E-state index in [4.69, 9.17) is 24.4 Å². The molecular weight excluding hydrogens is 802 g/mol. The number of benzene rings is 4. The van der Waals surface area contributed by atoms with Gasteiger partial charge in [-0.05, 0) is 71.8 Å². The van der Waals surface area contributed by atoms with E-state index >= 15 is 0 Å². The van der Waals surface area contributed by atoms with E-state index < -0.39 is 0 Å². The van der Waals surface area contributed by atoms with E-state index in [1.165, 1.54) is 32.5 Å². The molecule has 0 bridgehead atoms. The van der Waals surface area contributed by atoms with Gasteiger partial charge in [0.05, 0.1) is 69.0 Å². The second-order valence-electron chi connectivity index (χ2n) is 13.2. The first-order valence-electron chi connectivity index (χ1n) is 18.4. The molecule has 2 fully saturated rings. The molecule has 6 aromatic rings. The molecule has 0 amide bonds. The number of ether oxygens (including phenoxy) is 3. The third-order valence-electron chi connectivity index (χ3n) is 9.40. The summed E-state index contributed by atoms with van der Waals surface area (Å²) in [6, 6.07) is 33.3. The van der Waals surface area contributed by atoms with Gasteiger partial charge in [-0.1, -0.05) is 83.3 Å². The molecule has 282 valence electrons. The van der Waals surface area contributed by atoms with Crippen LogP contribution in [0.5, 0.6) is 0 Å². The number of fused-ring (bicyclic) bond motifs is 2. The van der Waals surface area contributed by atoms with Gasteiger partial charge in [0.2, 0.25) is 0 Å². The Hall–Kier alpha value is -2.69. The number of aliphatic hydroxyl groups is 1. The van der Waals surface area contributed by atoms with E-state index in [0.717, 1.165) is 94.2 Å². The fourth-order valence-electron chi connectivity index (χ4n) is 6.50. The first-order valence-corrected chi connectivity index (χ1v) is 20.0. The number of hydrogen-bond acceptors (Lipinski definition) is 8. The van der Waals surface area contributed by atoms with Crippen molar-refractivity contribution in [3.63, 3.8) is 0 Å². The van der Waals surface area contributed by atoms with Gasteiger partial charge in [0, 0.05) is 55.1 Å². The molecule has 2 aromatic heterocycles.